The van der Waals surface area contributed by atoms with Gasteiger partial charge in [0.15, 0.2) is 35.4 Å². The van der Waals surface area contributed by atoms with Crippen LogP contribution in [0.15, 0.2) is 71.4 Å². The molecule has 0 aliphatic carbocycles. The molecule has 0 bridgehead atoms. The number of hydrogen-bond acceptors (Lipinski definition) is 5. The van der Waals surface area contributed by atoms with E-state index >= 15 is 0 Å². The second-order valence-electron chi connectivity index (χ2n) is 7.19. The highest BCUT2D eigenvalue weighted by Crippen LogP contribution is 2.43. The minimum Gasteiger partial charge on any atom is -1.00 e. The third kappa shape index (κ3) is 3.80. The molecular formula is C25H18INO5. The minimum absolute atomic E-state index is 0. The fourth-order valence-corrected chi connectivity index (χ4v) is 3.71. The fourth-order valence-electron chi connectivity index (χ4n) is 3.71. The van der Waals surface area contributed by atoms with Gasteiger partial charge >= 0.3 is 0 Å². The Morgan fingerprint density at radius 2 is 1.28 bits per heavy atom. The van der Waals surface area contributed by atoms with Crippen LogP contribution >= 0.6 is 0 Å². The molecule has 2 aliphatic heterocycles. The SMILES string of the molecule is C(=C\c1cc(-c2ccc3c(c2)OCO3)c(-c2ccc3c(c2)OCO3)o1)/c1cc[nH+]cc1.[I-]. The van der Waals surface area contributed by atoms with E-state index in [1.54, 1.807) is 0 Å². The fraction of sp³-hybridized carbons (Fsp3) is 0.0800. The van der Waals surface area contributed by atoms with Crippen LogP contribution in [0.25, 0.3) is 34.6 Å². The molecule has 1 N–H and O–H groups in total. The molecule has 7 heteroatoms. The first kappa shape index (κ1) is 20.4. The van der Waals surface area contributed by atoms with Gasteiger partial charge in [-0.3, -0.25) is 0 Å². The second kappa shape index (κ2) is 8.58. The third-order valence-corrected chi connectivity index (χ3v) is 5.25. The Morgan fingerprint density at radius 1 is 0.656 bits per heavy atom. The van der Waals surface area contributed by atoms with Gasteiger partial charge in [-0.1, -0.05) is 12.1 Å². The highest BCUT2D eigenvalue weighted by Gasteiger charge is 2.21. The Morgan fingerprint density at radius 3 is 2.00 bits per heavy atom. The molecule has 2 aliphatic rings. The molecule has 0 spiro atoms. The van der Waals surface area contributed by atoms with Gasteiger partial charge in [0.1, 0.15) is 11.5 Å². The molecule has 6 rings (SSSR count). The number of furan rings is 1. The zero-order chi connectivity index (χ0) is 20.6. The molecule has 6 nitrogen and oxygen atoms in total. The Labute approximate surface area is 201 Å². The molecule has 0 amide bonds. The highest BCUT2D eigenvalue weighted by atomic mass is 127. The summed E-state index contributed by atoms with van der Waals surface area (Å²) in [5.41, 5.74) is 3.92. The Hall–Kier alpha value is -3.46. The largest absolute Gasteiger partial charge is 1.00 e. The number of H-pyrrole nitrogens is 1. The number of aromatic amines is 1. The molecule has 0 fully saturated rings. The molecule has 32 heavy (non-hydrogen) atoms. The van der Waals surface area contributed by atoms with Crippen molar-refractivity contribution in [3.8, 4) is 45.4 Å². The van der Waals surface area contributed by atoms with E-state index in [1.165, 1.54) is 0 Å². The van der Waals surface area contributed by atoms with Gasteiger partial charge in [0.25, 0.3) is 0 Å². The average Bonchev–Trinajstić information content (AvgIpc) is 3.56. The lowest BCUT2D eigenvalue weighted by Crippen LogP contribution is -3.00. The van der Waals surface area contributed by atoms with Crippen LogP contribution < -0.4 is 47.9 Å². The summed E-state index contributed by atoms with van der Waals surface area (Å²) in [6.45, 7) is 0.468. The van der Waals surface area contributed by atoms with Crippen LogP contribution in [-0.4, -0.2) is 13.6 Å². The van der Waals surface area contributed by atoms with Crippen molar-refractivity contribution in [2.75, 3.05) is 13.6 Å². The van der Waals surface area contributed by atoms with Crippen LogP contribution in [0.2, 0.25) is 0 Å². The van der Waals surface area contributed by atoms with Crippen molar-refractivity contribution >= 4 is 12.2 Å². The number of hydrogen-bond donors (Lipinski definition) is 0. The lowest BCUT2D eigenvalue weighted by molar-refractivity contribution is -0.378. The number of fused-ring (bicyclic) bond motifs is 2. The number of ether oxygens (including phenoxy) is 4. The molecule has 0 saturated carbocycles. The van der Waals surface area contributed by atoms with E-state index in [1.807, 2.05) is 79.1 Å². The van der Waals surface area contributed by atoms with Gasteiger partial charge < -0.3 is 47.3 Å². The van der Waals surface area contributed by atoms with Crippen molar-refractivity contribution in [1.82, 2.24) is 0 Å². The number of benzene rings is 2. The Bertz CT molecular complexity index is 1220. The van der Waals surface area contributed by atoms with Gasteiger partial charge in [0, 0.05) is 23.3 Å². The first-order chi connectivity index (χ1) is 15.3. The van der Waals surface area contributed by atoms with Crippen molar-refractivity contribution in [3.05, 3.63) is 78.3 Å². The number of halogens is 1. The number of aromatic nitrogens is 1. The molecule has 2 aromatic carbocycles. The maximum atomic E-state index is 6.29. The summed E-state index contributed by atoms with van der Waals surface area (Å²) in [6.07, 6.45) is 7.75. The maximum absolute atomic E-state index is 6.29. The number of rotatable bonds is 4. The Balaban J connectivity index is 0.00000216. The van der Waals surface area contributed by atoms with Crippen molar-refractivity contribution < 1.29 is 52.3 Å². The van der Waals surface area contributed by atoms with E-state index in [-0.39, 0.29) is 37.6 Å². The first-order valence-electron chi connectivity index (χ1n) is 9.91. The normalized spacial score (nSPS) is 13.4. The van der Waals surface area contributed by atoms with E-state index in [0.717, 1.165) is 51.0 Å². The quantitative estimate of drug-likeness (QED) is 0.372. The summed E-state index contributed by atoms with van der Waals surface area (Å²) in [7, 11) is 0. The van der Waals surface area contributed by atoms with Crippen LogP contribution in [0.4, 0.5) is 0 Å². The summed E-state index contributed by atoms with van der Waals surface area (Å²) in [4.78, 5) is 3.03. The van der Waals surface area contributed by atoms with Gasteiger partial charge in [-0.15, -0.1) is 0 Å². The van der Waals surface area contributed by atoms with Crippen molar-refractivity contribution in [2.24, 2.45) is 0 Å². The van der Waals surface area contributed by atoms with Crippen LogP contribution in [-0.2, 0) is 0 Å². The molecule has 0 atom stereocenters. The molecule has 4 heterocycles. The summed E-state index contributed by atoms with van der Waals surface area (Å²) < 4.78 is 28.3. The summed E-state index contributed by atoms with van der Waals surface area (Å²) >= 11 is 0. The molecule has 0 radical (unpaired) electrons. The average molecular weight is 539 g/mol. The second-order valence-corrected chi connectivity index (χ2v) is 7.19. The summed E-state index contributed by atoms with van der Waals surface area (Å²) in [5.74, 6) is 4.42. The zero-order valence-electron chi connectivity index (χ0n) is 16.8. The highest BCUT2D eigenvalue weighted by molar-refractivity contribution is 5.84. The third-order valence-electron chi connectivity index (χ3n) is 5.25. The molecule has 0 unspecified atom stereocenters. The van der Waals surface area contributed by atoms with Crippen molar-refractivity contribution in [2.45, 2.75) is 0 Å². The molecule has 0 saturated heterocycles. The van der Waals surface area contributed by atoms with E-state index in [4.69, 9.17) is 23.4 Å². The van der Waals surface area contributed by atoms with E-state index < -0.39 is 0 Å². The lowest BCUT2D eigenvalue weighted by atomic mass is 10.0. The molecule has 160 valence electrons. The predicted molar refractivity (Wildman–Crippen MR) is 114 cm³/mol. The first-order valence-corrected chi connectivity index (χ1v) is 9.91. The topological polar surface area (TPSA) is 64.2 Å². The van der Waals surface area contributed by atoms with E-state index in [2.05, 4.69) is 4.98 Å². The predicted octanol–water partition coefficient (Wildman–Crippen LogP) is 2.06. The smallest absolute Gasteiger partial charge is 0.231 e. The maximum Gasteiger partial charge on any atom is 0.231 e. The van der Waals surface area contributed by atoms with Gasteiger partial charge in [0.2, 0.25) is 13.6 Å². The van der Waals surface area contributed by atoms with Gasteiger partial charge in [0.05, 0.1) is 0 Å². The molecule has 2 aromatic heterocycles. The number of pyridine rings is 1. The van der Waals surface area contributed by atoms with Crippen LogP contribution in [0.1, 0.15) is 11.3 Å². The molecular weight excluding hydrogens is 521 g/mol. The lowest BCUT2D eigenvalue weighted by Gasteiger charge is -2.05. The molecule has 4 aromatic rings. The number of nitrogens with one attached hydrogen (secondary N) is 1. The standard InChI is InChI=1S/C25H17NO5.HI/c1(16-7-9-26-10-8-16)4-19-13-20(17-2-5-21-23(11-17)29-14-27-21)25(31-19)18-3-6-22-24(12-18)30-15-28-22;/h1-13H,14-15H2;1H/b4-1+;. The van der Waals surface area contributed by atoms with Gasteiger partial charge in [-0.05, 0) is 53.6 Å². The van der Waals surface area contributed by atoms with Gasteiger partial charge in [-0.2, -0.15) is 0 Å². The summed E-state index contributed by atoms with van der Waals surface area (Å²) in [5, 5.41) is 0. The van der Waals surface area contributed by atoms with Crippen LogP contribution in [0, 0.1) is 0 Å². The van der Waals surface area contributed by atoms with Crippen LogP contribution in [0.3, 0.4) is 0 Å². The monoisotopic (exact) mass is 539 g/mol. The van der Waals surface area contributed by atoms with Crippen molar-refractivity contribution in [3.63, 3.8) is 0 Å². The minimum atomic E-state index is 0. The van der Waals surface area contributed by atoms with Gasteiger partial charge in [-0.25, -0.2) is 4.98 Å². The zero-order valence-corrected chi connectivity index (χ0v) is 19.0. The Kier molecular flexibility index (Phi) is 5.48. The van der Waals surface area contributed by atoms with E-state index in [9.17, 15) is 0 Å². The van der Waals surface area contributed by atoms with E-state index in [0.29, 0.717) is 5.75 Å². The van der Waals surface area contributed by atoms with Crippen molar-refractivity contribution in [1.29, 1.82) is 0 Å². The van der Waals surface area contributed by atoms with Crippen LogP contribution in [0.5, 0.6) is 23.0 Å². The summed E-state index contributed by atoms with van der Waals surface area (Å²) in [6, 6.07) is 17.8.